The molecule has 0 fully saturated rings. The molecule has 3 nitrogen and oxygen atoms in total. The number of ether oxygens (including phenoxy) is 3. The summed E-state index contributed by atoms with van der Waals surface area (Å²) in [7, 11) is 0. The van der Waals surface area contributed by atoms with Crippen molar-refractivity contribution in [3.63, 3.8) is 0 Å². The van der Waals surface area contributed by atoms with Crippen LogP contribution in [-0.4, -0.2) is 32.6 Å². The van der Waals surface area contributed by atoms with E-state index in [1.54, 1.807) is 0 Å². The highest BCUT2D eigenvalue weighted by molar-refractivity contribution is 6.55. The van der Waals surface area contributed by atoms with E-state index in [4.69, 9.17) is 72.2 Å². The van der Waals surface area contributed by atoms with Crippen molar-refractivity contribution in [3.8, 4) is 11.5 Å². The Morgan fingerprint density at radius 1 is 0.926 bits per heavy atom. The number of halogens is 8. The van der Waals surface area contributed by atoms with Gasteiger partial charge in [0.2, 0.25) is 0 Å². The van der Waals surface area contributed by atoms with Gasteiger partial charge in [0.25, 0.3) is 0 Å². The molecule has 27 heavy (non-hydrogen) atoms. The molecule has 0 aliphatic carbocycles. The Morgan fingerprint density at radius 3 is 2.11 bits per heavy atom. The van der Waals surface area contributed by atoms with Crippen molar-refractivity contribution in [2.75, 3.05) is 26.4 Å². The van der Waals surface area contributed by atoms with Gasteiger partial charge in [-0.05, 0) is 12.2 Å². The molecule has 1 aromatic rings. The van der Waals surface area contributed by atoms with Crippen LogP contribution in [0.25, 0.3) is 0 Å². The molecule has 0 bridgehead atoms. The topological polar surface area (TPSA) is 27.7 Å². The van der Waals surface area contributed by atoms with E-state index in [9.17, 15) is 13.2 Å². The highest BCUT2D eigenvalue weighted by Crippen LogP contribution is 2.37. The Bertz CT molecular complexity index is 651. The standard InChI is InChI=1S/C16H14Cl5F3O3/c17-11-8-10(26-7-3-14(20)21)9-12(18)15(11)27-5-1-4-25-6-2-13(19)16(22,23)24/h2-3,8-9H,1,4-7H2. The summed E-state index contributed by atoms with van der Waals surface area (Å²) < 4.78 is 52.4. The monoisotopic (exact) mass is 486 g/mol. The first kappa shape index (κ1) is 24.5. The largest absolute Gasteiger partial charge is 0.490 e. The van der Waals surface area contributed by atoms with E-state index < -0.39 is 11.2 Å². The summed E-state index contributed by atoms with van der Waals surface area (Å²) in [5.74, 6) is 0.663. The van der Waals surface area contributed by atoms with Crippen LogP contribution >= 0.6 is 58.0 Å². The van der Waals surface area contributed by atoms with Crippen LogP contribution in [-0.2, 0) is 4.74 Å². The third-order valence-corrected chi connectivity index (χ3v) is 4.03. The number of alkyl halides is 3. The minimum atomic E-state index is -4.57. The third-order valence-electron chi connectivity index (χ3n) is 2.79. The maximum absolute atomic E-state index is 12.2. The van der Waals surface area contributed by atoms with Crippen molar-refractivity contribution in [2.45, 2.75) is 12.6 Å². The summed E-state index contributed by atoms with van der Waals surface area (Å²) >= 11 is 28.2. The van der Waals surface area contributed by atoms with Gasteiger partial charge >= 0.3 is 6.18 Å². The molecule has 0 spiro atoms. The van der Waals surface area contributed by atoms with Gasteiger partial charge in [0, 0.05) is 18.6 Å². The molecule has 1 rings (SSSR count). The number of benzene rings is 1. The first-order valence-electron chi connectivity index (χ1n) is 7.37. The molecular weight excluding hydrogens is 474 g/mol. The molecule has 0 heterocycles. The third kappa shape index (κ3) is 10.0. The molecule has 0 amide bonds. The Kier molecular flexibility index (Phi) is 11.0. The zero-order valence-electron chi connectivity index (χ0n) is 13.6. The molecule has 0 aliphatic rings. The Morgan fingerprint density at radius 2 is 1.56 bits per heavy atom. The quantitative estimate of drug-likeness (QED) is 0.327. The zero-order valence-corrected chi connectivity index (χ0v) is 17.4. The summed E-state index contributed by atoms with van der Waals surface area (Å²) in [6, 6.07) is 3.03. The van der Waals surface area contributed by atoms with E-state index in [1.165, 1.54) is 18.2 Å². The highest BCUT2D eigenvalue weighted by Gasteiger charge is 2.31. The molecule has 0 radical (unpaired) electrons. The summed E-state index contributed by atoms with van der Waals surface area (Å²) in [4.78, 5) is 0. The van der Waals surface area contributed by atoms with E-state index in [0.29, 0.717) is 12.2 Å². The molecule has 11 heteroatoms. The van der Waals surface area contributed by atoms with Gasteiger partial charge in [0.15, 0.2) is 5.75 Å². The van der Waals surface area contributed by atoms with Crippen molar-refractivity contribution in [3.05, 3.63) is 43.9 Å². The predicted octanol–water partition coefficient (Wildman–Crippen LogP) is 7.16. The number of hydrogen-bond acceptors (Lipinski definition) is 3. The maximum atomic E-state index is 12.2. The number of allylic oxidation sites excluding steroid dienone is 1. The summed E-state index contributed by atoms with van der Waals surface area (Å²) in [5, 5.41) is -0.748. The van der Waals surface area contributed by atoms with Gasteiger partial charge in [0.1, 0.15) is 21.9 Å². The predicted molar refractivity (Wildman–Crippen MR) is 103 cm³/mol. The van der Waals surface area contributed by atoms with E-state index >= 15 is 0 Å². The Labute approximate surface area is 179 Å². The fourth-order valence-electron chi connectivity index (χ4n) is 1.63. The Balaban J connectivity index is 2.39. The lowest BCUT2D eigenvalue weighted by Gasteiger charge is -2.12. The van der Waals surface area contributed by atoms with Gasteiger partial charge in [0.05, 0.1) is 29.9 Å². The summed E-state index contributed by atoms with van der Waals surface area (Å²) in [6.45, 7) is 0.243. The normalized spacial score (nSPS) is 12.1. The van der Waals surface area contributed by atoms with E-state index in [0.717, 1.165) is 6.08 Å². The molecular formula is C16H14Cl5F3O3. The lowest BCUT2D eigenvalue weighted by Crippen LogP contribution is -2.09. The minimum absolute atomic E-state index is 0.0746. The van der Waals surface area contributed by atoms with Gasteiger partial charge < -0.3 is 14.2 Å². The van der Waals surface area contributed by atoms with Crippen LogP contribution in [0.1, 0.15) is 6.42 Å². The van der Waals surface area contributed by atoms with Crippen LogP contribution in [0.3, 0.4) is 0 Å². The zero-order chi connectivity index (χ0) is 20.4. The van der Waals surface area contributed by atoms with Crippen LogP contribution in [0.15, 0.2) is 33.8 Å². The Hall–Kier alpha value is -0.500. The fraction of sp³-hybridized carbons (Fsp3) is 0.375. The average Bonchev–Trinajstić information content (AvgIpc) is 2.54. The van der Waals surface area contributed by atoms with E-state index in [2.05, 4.69) is 0 Å². The fourth-order valence-corrected chi connectivity index (χ4v) is 2.39. The molecule has 0 atom stereocenters. The van der Waals surface area contributed by atoms with E-state index in [1.807, 2.05) is 0 Å². The lowest BCUT2D eigenvalue weighted by atomic mass is 10.3. The first-order valence-corrected chi connectivity index (χ1v) is 9.26. The second-order valence-electron chi connectivity index (χ2n) is 4.85. The minimum Gasteiger partial charge on any atom is -0.490 e. The molecule has 0 aliphatic heterocycles. The van der Waals surface area contributed by atoms with Crippen molar-refractivity contribution >= 4 is 58.0 Å². The number of rotatable bonds is 10. The molecule has 0 aromatic heterocycles. The summed E-state index contributed by atoms with van der Waals surface area (Å²) in [5.41, 5.74) is 0. The second kappa shape index (κ2) is 12.1. The van der Waals surface area contributed by atoms with Crippen molar-refractivity contribution in [1.29, 1.82) is 0 Å². The van der Waals surface area contributed by atoms with Crippen molar-refractivity contribution in [2.24, 2.45) is 0 Å². The van der Waals surface area contributed by atoms with Crippen LogP contribution in [0.2, 0.25) is 10.0 Å². The average molecular weight is 489 g/mol. The maximum Gasteiger partial charge on any atom is 0.426 e. The van der Waals surface area contributed by atoms with Gasteiger partial charge in [-0.25, -0.2) is 0 Å². The smallest absolute Gasteiger partial charge is 0.426 e. The van der Waals surface area contributed by atoms with Crippen LogP contribution < -0.4 is 9.47 Å². The molecule has 0 N–H and O–H groups in total. The van der Waals surface area contributed by atoms with Crippen LogP contribution in [0, 0.1) is 0 Å². The van der Waals surface area contributed by atoms with Crippen molar-refractivity contribution in [1.82, 2.24) is 0 Å². The molecule has 1 aromatic carbocycles. The molecule has 0 unspecified atom stereocenters. The lowest BCUT2D eigenvalue weighted by molar-refractivity contribution is -0.0850. The first-order chi connectivity index (χ1) is 12.6. The van der Waals surface area contributed by atoms with Crippen LogP contribution in [0.5, 0.6) is 11.5 Å². The summed E-state index contributed by atoms with van der Waals surface area (Å²) in [6.07, 6.45) is -1.96. The highest BCUT2D eigenvalue weighted by atomic mass is 35.5. The molecule has 0 saturated carbocycles. The van der Waals surface area contributed by atoms with Gasteiger partial charge in [-0.1, -0.05) is 58.0 Å². The second-order valence-corrected chi connectivity index (χ2v) is 7.08. The van der Waals surface area contributed by atoms with Crippen LogP contribution in [0.4, 0.5) is 13.2 Å². The molecule has 0 saturated heterocycles. The van der Waals surface area contributed by atoms with Gasteiger partial charge in [-0.2, -0.15) is 13.2 Å². The van der Waals surface area contributed by atoms with Gasteiger partial charge in [-0.3, -0.25) is 0 Å². The molecule has 152 valence electrons. The SMILES string of the molecule is FC(F)(F)C(Cl)=CCOCCCOc1c(Cl)cc(OCC=C(Cl)Cl)cc1Cl. The number of hydrogen-bond donors (Lipinski definition) is 0. The van der Waals surface area contributed by atoms with Crippen molar-refractivity contribution < 1.29 is 27.4 Å². The van der Waals surface area contributed by atoms with Gasteiger partial charge in [-0.15, -0.1) is 0 Å². The van der Waals surface area contributed by atoms with E-state index in [-0.39, 0.29) is 46.7 Å².